The molecule has 0 heterocycles. The summed E-state index contributed by atoms with van der Waals surface area (Å²) < 4.78 is 1.00. The first-order valence-corrected chi connectivity index (χ1v) is 8.01. The summed E-state index contributed by atoms with van der Waals surface area (Å²) in [6, 6.07) is 17.8. The minimum absolute atomic E-state index is 0.0659. The van der Waals surface area contributed by atoms with Gasteiger partial charge in [0.15, 0.2) is 0 Å². The van der Waals surface area contributed by atoms with E-state index in [9.17, 15) is 4.79 Å². The van der Waals surface area contributed by atoms with Crippen LogP contribution in [0.1, 0.15) is 30.4 Å². The van der Waals surface area contributed by atoms with Crippen molar-refractivity contribution in [3.63, 3.8) is 0 Å². The zero-order valence-electron chi connectivity index (χ0n) is 12.2. The van der Waals surface area contributed by atoms with Crippen LogP contribution in [-0.4, -0.2) is 11.7 Å². The minimum atomic E-state index is -0.245. The molecule has 22 heavy (non-hydrogen) atoms. The summed E-state index contributed by atoms with van der Waals surface area (Å²) in [6.45, 7) is 1.83. The Labute approximate surface area is 138 Å². The lowest BCUT2D eigenvalue weighted by Crippen LogP contribution is -2.06. The van der Waals surface area contributed by atoms with Crippen molar-refractivity contribution < 1.29 is 9.63 Å². The number of carbonyl (C=O) groups is 1. The zero-order chi connectivity index (χ0) is 15.5. The maximum absolute atomic E-state index is 12.0. The first-order chi connectivity index (χ1) is 10.6. The van der Waals surface area contributed by atoms with E-state index in [0.29, 0.717) is 5.71 Å². The molecule has 0 amide bonds. The second-order valence-electron chi connectivity index (χ2n) is 5.45. The summed E-state index contributed by atoms with van der Waals surface area (Å²) in [7, 11) is 0. The fourth-order valence-corrected chi connectivity index (χ4v) is 2.71. The van der Waals surface area contributed by atoms with Gasteiger partial charge in [0.2, 0.25) is 0 Å². The molecule has 2 atom stereocenters. The molecule has 0 unspecified atom stereocenters. The lowest BCUT2D eigenvalue weighted by atomic mass is 10.1. The molecular formula is C18H16BrNO2. The second kappa shape index (κ2) is 6.44. The highest BCUT2D eigenvalue weighted by atomic mass is 79.9. The quantitative estimate of drug-likeness (QED) is 0.458. The molecule has 0 radical (unpaired) electrons. The van der Waals surface area contributed by atoms with Gasteiger partial charge in [-0.1, -0.05) is 63.6 Å². The van der Waals surface area contributed by atoms with Crippen LogP contribution < -0.4 is 0 Å². The summed E-state index contributed by atoms with van der Waals surface area (Å²) >= 11 is 3.39. The SMILES string of the molecule is C/C(=N/OC(=O)[C@H]1C[C@H]1c1ccccc1)c1ccc(Br)cc1. The normalized spacial score (nSPS) is 20.5. The second-order valence-corrected chi connectivity index (χ2v) is 6.37. The maximum Gasteiger partial charge on any atom is 0.338 e. The van der Waals surface area contributed by atoms with E-state index >= 15 is 0 Å². The Kier molecular flexibility index (Phi) is 4.39. The largest absolute Gasteiger partial charge is 0.338 e. The van der Waals surface area contributed by atoms with Gasteiger partial charge in [-0.3, -0.25) is 0 Å². The standard InChI is InChI=1S/C18H16BrNO2/c1-12(13-7-9-15(19)10-8-13)20-22-18(21)17-11-16(17)14-5-3-2-4-6-14/h2-10,16-17H,11H2,1H3/b20-12-/t16-,17-/m0/s1. The van der Waals surface area contributed by atoms with Gasteiger partial charge in [-0.25, -0.2) is 4.79 Å². The smallest absolute Gasteiger partial charge is 0.318 e. The van der Waals surface area contributed by atoms with Crippen molar-refractivity contribution in [2.45, 2.75) is 19.3 Å². The predicted molar refractivity (Wildman–Crippen MR) is 89.7 cm³/mol. The van der Waals surface area contributed by atoms with Gasteiger partial charge < -0.3 is 4.84 Å². The molecule has 1 aliphatic rings. The monoisotopic (exact) mass is 357 g/mol. The Bertz CT molecular complexity index is 695. The molecule has 1 aliphatic carbocycles. The first-order valence-electron chi connectivity index (χ1n) is 7.21. The van der Waals surface area contributed by atoms with Crippen LogP contribution in [0, 0.1) is 5.92 Å². The van der Waals surface area contributed by atoms with Gasteiger partial charge in [-0.05, 0) is 42.5 Å². The van der Waals surface area contributed by atoms with Crippen molar-refractivity contribution in [2.75, 3.05) is 0 Å². The van der Waals surface area contributed by atoms with Gasteiger partial charge in [0.1, 0.15) is 0 Å². The zero-order valence-corrected chi connectivity index (χ0v) is 13.8. The molecule has 2 aromatic carbocycles. The third kappa shape index (κ3) is 3.45. The van der Waals surface area contributed by atoms with Crippen LogP contribution >= 0.6 is 15.9 Å². The van der Waals surface area contributed by atoms with E-state index in [1.54, 1.807) is 0 Å². The van der Waals surface area contributed by atoms with Gasteiger partial charge in [0, 0.05) is 4.47 Å². The number of halogens is 1. The molecule has 3 nitrogen and oxygen atoms in total. The van der Waals surface area contributed by atoms with Crippen molar-refractivity contribution in [1.82, 2.24) is 0 Å². The van der Waals surface area contributed by atoms with Gasteiger partial charge >= 0.3 is 5.97 Å². The van der Waals surface area contributed by atoms with Crippen molar-refractivity contribution in [2.24, 2.45) is 11.1 Å². The Morgan fingerprint density at radius 1 is 1.14 bits per heavy atom. The molecule has 0 N–H and O–H groups in total. The highest BCUT2D eigenvalue weighted by Gasteiger charge is 2.45. The number of benzene rings is 2. The Hall–Kier alpha value is -1.94. The third-order valence-electron chi connectivity index (χ3n) is 3.86. The van der Waals surface area contributed by atoms with E-state index in [2.05, 4.69) is 21.1 Å². The van der Waals surface area contributed by atoms with Crippen LogP contribution in [0.3, 0.4) is 0 Å². The van der Waals surface area contributed by atoms with E-state index < -0.39 is 0 Å². The molecule has 0 bridgehead atoms. The maximum atomic E-state index is 12.0. The van der Waals surface area contributed by atoms with E-state index in [-0.39, 0.29) is 17.8 Å². The number of hydrogen-bond acceptors (Lipinski definition) is 3. The van der Waals surface area contributed by atoms with Crippen LogP contribution in [0.5, 0.6) is 0 Å². The van der Waals surface area contributed by atoms with Crippen LogP contribution in [0.15, 0.2) is 64.2 Å². The molecule has 0 saturated heterocycles. The van der Waals surface area contributed by atoms with Crippen molar-refractivity contribution >= 4 is 27.6 Å². The molecule has 4 heteroatoms. The summed E-state index contributed by atoms with van der Waals surface area (Å²) in [4.78, 5) is 17.1. The average Bonchev–Trinajstić information content (AvgIpc) is 3.34. The van der Waals surface area contributed by atoms with Crippen LogP contribution in [0.2, 0.25) is 0 Å². The molecule has 0 aromatic heterocycles. The molecule has 3 rings (SSSR count). The minimum Gasteiger partial charge on any atom is -0.318 e. The number of nitrogens with zero attached hydrogens (tertiary/aromatic N) is 1. The lowest BCUT2D eigenvalue weighted by Gasteiger charge is -2.02. The Morgan fingerprint density at radius 2 is 1.82 bits per heavy atom. The van der Waals surface area contributed by atoms with Gasteiger partial charge in [-0.2, -0.15) is 0 Å². The molecule has 0 aliphatic heterocycles. The highest BCUT2D eigenvalue weighted by molar-refractivity contribution is 9.10. The number of oxime groups is 1. The predicted octanol–water partition coefficient (Wildman–Crippen LogP) is 4.52. The van der Waals surface area contributed by atoms with Gasteiger partial charge in [0.05, 0.1) is 11.6 Å². The molecule has 2 aromatic rings. The number of hydrogen-bond donors (Lipinski definition) is 0. The van der Waals surface area contributed by atoms with Crippen molar-refractivity contribution in [3.05, 3.63) is 70.2 Å². The van der Waals surface area contributed by atoms with E-state index in [0.717, 1.165) is 16.5 Å². The number of rotatable bonds is 4. The van der Waals surface area contributed by atoms with E-state index in [1.165, 1.54) is 5.56 Å². The summed E-state index contributed by atoms with van der Waals surface area (Å²) in [6.07, 6.45) is 0.843. The fraction of sp³-hybridized carbons (Fsp3) is 0.222. The molecule has 112 valence electrons. The molecule has 1 fully saturated rings. The summed E-state index contributed by atoms with van der Waals surface area (Å²) in [5, 5.41) is 3.97. The third-order valence-corrected chi connectivity index (χ3v) is 4.38. The van der Waals surface area contributed by atoms with Crippen LogP contribution in [0.25, 0.3) is 0 Å². The van der Waals surface area contributed by atoms with E-state index in [4.69, 9.17) is 4.84 Å². The van der Waals surface area contributed by atoms with E-state index in [1.807, 2.05) is 61.5 Å². The topological polar surface area (TPSA) is 38.7 Å². The summed E-state index contributed by atoms with van der Waals surface area (Å²) in [5.74, 6) is -0.0360. The molecule has 1 saturated carbocycles. The van der Waals surface area contributed by atoms with Crippen molar-refractivity contribution in [3.8, 4) is 0 Å². The fourth-order valence-electron chi connectivity index (χ4n) is 2.45. The van der Waals surface area contributed by atoms with Gasteiger partial charge in [-0.15, -0.1) is 0 Å². The summed E-state index contributed by atoms with van der Waals surface area (Å²) in [5.41, 5.74) is 2.82. The van der Waals surface area contributed by atoms with Gasteiger partial charge in [0.25, 0.3) is 0 Å². The lowest BCUT2D eigenvalue weighted by molar-refractivity contribution is -0.145. The van der Waals surface area contributed by atoms with Crippen LogP contribution in [-0.2, 0) is 9.63 Å². The Balaban J connectivity index is 1.59. The van der Waals surface area contributed by atoms with Crippen molar-refractivity contribution in [1.29, 1.82) is 0 Å². The highest BCUT2D eigenvalue weighted by Crippen LogP contribution is 2.48. The number of carbonyl (C=O) groups excluding carboxylic acids is 1. The Morgan fingerprint density at radius 3 is 2.50 bits per heavy atom. The molecule has 0 spiro atoms. The van der Waals surface area contributed by atoms with Crippen LogP contribution in [0.4, 0.5) is 0 Å². The first kappa shape index (κ1) is 15.0. The molecular weight excluding hydrogens is 342 g/mol. The average molecular weight is 358 g/mol.